The van der Waals surface area contributed by atoms with E-state index in [4.69, 9.17) is 11.6 Å². The van der Waals surface area contributed by atoms with Gasteiger partial charge in [-0.05, 0) is 36.8 Å². The van der Waals surface area contributed by atoms with Crippen molar-refractivity contribution in [3.63, 3.8) is 0 Å². The fourth-order valence-corrected chi connectivity index (χ4v) is 4.00. The highest BCUT2D eigenvalue weighted by Crippen LogP contribution is 2.18. The maximum absolute atomic E-state index is 12.8. The summed E-state index contributed by atoms with van der Waals surface area (Å²) in [5, 5.41) is 3.50. The van der Waals surface area contributed by atoms with E-state index in [1.807, 2.05) is 61.5 Å². The molecule has 0 aliphatic rings. The summed E-state index contributed by atoms with van der Waals surface area (Å²) in [6.45, 7) is 1.82. The van der Waals surface area contributed by atoms with Gasteiger partial charge in [-0.2, -0.15) is 11.8 Å². The number of aromatic nitrogens is 2. The van der Waals surface area contributed by atoms with Crippen molar-refractivity contribution in [2.75, 3.05) is 11.1 Å². The zero-order valence-electron chi connectivity index (χ0n) is 15.8. The minimum atomic E-state index is -0.230. The van der Waals surface area contributed by atoms with Crippen LogP contribution in [0.4, 0.5) is 5.69 Å². The molecule has 3 aromatic rings. The zero-order valence-corrected chi connectivity index (χ0v) is 17.4. The smallest absolute Gasteiger partial charge is 0.295 e. The number of rotatable bonds is 7. The highest BCUT2D eigenvalue weighted by Gasteiger charge is 2.17. The second-order valence-corrected chi connectivity index (χ2v) is 7.96. The number of para-hydroxylation sites is 1. The molecule has 7 heteroatoms. The predicted molar refractivity (Wildman–Crippen MR) is 117 cm³/mol. The lowest BCUT2D eigenvalue weighted by Crippen LogP contribution is -2.23. The Labute approximate surface area is 173 Å². The summed E-state index contributed by atoms with van der Waals surface area (Å²) in [7, 11) is 1.81. The minimum absolute atomic E-state index is 0.162. The highest BCUT2D eigenvalue weighted by atomic mass is 35.5. The summed E-state index contributed by atoms with van der Waals surface area (Å²) < 4.78 is 3.31. The molecule has 0 spiro atoms. The summed E-state index contributed by atoms with van der Waals surface area (Å²) in [6, 6.07) is 17.1. The Balaban J connectivity index is 1.61. The van der Waals surface area contributed by atoms with Crippen LogP contribution in [0.3, 0.4) is 0 Å². The second-order valence-electron chi connectivity index (χ2n) is 6.42. The number of benzene rings is 2. The van der Waals surface area contributed by atoms with E-state index in [9.17, 15) is 9.59 Å². The van der Waals surface area contributed by atoms with Gasteiger partial charge >= 0.3 is 0 Å². The zero-order chi connectivity index (χ0) is 20.1. The van der Waals surface area contributed by atoms with Gasteiger partial charge in [0, 0.05) is 30.0 Å². The average Bonchev–Trinajstić information content (AvgIpc) is 2.89. The van der Waals surface area contributed by atoms with E-state index in [-0.39, 0.29) is 11.5 Å². The molecule has 0 aliphatic carbocycles. The molecule has 0 fully saturated rings. The van der Waals surface area contributed by atoms with E-state index < -0.39 is 0 Å². The van der Waals surface area contributed by atoms with E-state index in [0.29, 0.717) is 28.6 Å². The number of carbonyl (C=O) groups excluding carboxylic acids is 1. The molecular formula is C21H22ClN3O2S. The Bertz CT molecular complexity index is 1030. The molecule has 28 heavy (non-hydrogen) atoms. The van der Waals surface area contributed by atoms with Gasteiger partial charge in [-0.15, -0.1) is 0 Å². The first-order valence-electron chi connectivity index (χ1n) is 8.93. The number of thioether (sulfide) groups is 1. The normalized spacial score (nSPS) is 10.8. The van der Waals surface area contributed by atoms with Crippen LogP contribution in [0.25, 0.3) is 5.69 Å². The lowest BCUT2D eigenvalue weighted by molar-refractivity contribution is -0.115. The second kappa shape index (κ2) is 9.17. The monoisotopic (exact) mass is 415 g/mol. The summed E-state index contributed by atoms with van der Waals surface area (Å²) in [6.07, 6.45) is 0.338. The predicted octanol–water partition coefficient (Wildman–Crippen LogP) is 4.40. The fourth-order valence-electron chi connectivity index (χ4n) is 2.90. The third-order valence-electron chi connectivity index (χ3n) is 4.45. The minimum Gasteiger partial charge on any atom is -0.320 e. The van der Waals surface area contributed by atoms with Gasteiger partial charge in [-0.1, -0.05) is 41.9 Å². The van der Waals surface area contributed by atoms with E-state index in [2.05, 4.69) is 5.32 Å². The van der Waals surface area contributed by atoms with E-state index in [1.165, 1.54) is 0 Å². The van der Waals surface area contributed by atoms with Crippen molar-refractivity contribution in [1.82, 2.24) is 9.36 Å². The number of nitrogens with zero attached hydrogens (tertiary/aromatic N) is 2. The van der Waals surface area contributed by atoms with Crippen molar-refractivity contribution < 1.29 is 4.79 Å². The molecular weight excluding hydrogens is 394 g/mol. The molecule has 0 radical (unpaired) electrons. The molecule has 1 amide bonds. The maximum atomic E-state index is 12.8. The largest absolute Gasteiger partial charge is 0.320 e. The molecule has 0 atom stereocenters. The van der Waals surface area contributed by atoms with Gasteiger partial charge in [0.1, 0.15) is 5.69 Å². The van der Waals surface area contributed by atoms with E-state index >= 15 is 0 Å². The molecule has 0 saturated carbocycles. The molecule has 0 saturated heterocycles. The Kier molecular flexibility index (Phi) is 6.65. The molecule has 1 heterocycles. The number of hydrogen-bond acceptors (Lipinski definition) is 3. The molecule has 0 unspecified atom stereocenters. The van der Waals surface area contributed by atoms with Gasteiger partial charge in [0.2, 0.25) is 5.91 Å². The highest BCUT2D eigenvalue weighted by molar-refractivity contribution is 7.98. The lowest BCUT2D eigenvalue weighted by Gasteiger charge is -2.07. The third-order valence-corrected chi connectivity index (χ3v) is 5.72. The maximum Gasteiger partial charge on any atom is 0.295 e. The van der Waals surface area contributed by atoms with Gasteiger partial charge < -0.3 is 5.32 Å². The lowest BCUT2D eigenvalue weighted by atomic mass is 10.2. The van der Waals surface area contributed by atoms with Crippen LogP contribution >= 0.6 is 23.4 Å². The topological polar surface area (TPSA) is 56.0 Å². The summed E-state index contributed by atoms with van der Waals surface area (Å²) in [5.74, 6) is 1.29. The van der Waals surface area contributed by atoms with E-state index in [0.717, 1.165) is 17.0 Å². The number of halogens is 1. The first-order chi connectivity index (χ1) is 13.5. The average molecular weight is 416 g/mol. The van der Waals surface area contributed by atoms with Crippen LogP contribution in [0, 0.1) is 6.92 Å². The van der Waals surface area contributed by atoms with Crippen LogP contribution in [0.15, 0.2) is 59.4 Å². The SMILES string of the molecule is Cc1c(NC(=O)CCSCc2cccc(Cl)c2)c(=O)n(-c2ccccc2)n1C. The first-order valence-corrected chi connectivity index (χ1v) is 10.5. The van der Waals surface area contributed by atoms with Crippen molar-refractivity contribution in [3.05, 3.63) is 81.2 Å². The van der Waals surface area contributed by atoms with E-state index in [1.54, 1.807) is 28.2 Å². The van der Waals surface area contributed by atoms with Gasteiger partial charge in [0.05, 0.1) is 11.4 Å². The number of hydrogen-bond donors (Lipinski definition) is 1. The van der Waals surface area contributed by atoms with Gasteiger partial charge in [0.15, 0.2) is 0 Å². The van der Waals surface area contributed by atoms with Crippen molar-refractivity contribution in [2.24, 2.45) is 7.05 Å². The number of nitrogens with one attached hydrogen (secondary N) is 1. The Morgan fingerprint density at radius 1 is 1.14 bits per heavy atom. The van der Waals surface area contributed by atoms with Crippen LogP contribution in [0.2, 0.25) is 5.02 Å². The molecule has 0 bridgehead atoms. The van der Waals surface area contributed by atoms with Crippen LogP contribution in [-0.4, -0.2) is 21.0 Å². The molecule has 5 nitrogen and oxygen atoms in total. The van der Waals surface area contributed by atoms with Crippen molar-refractivity contribution in [1.29, 1.82) is 0 Å². The number of amides is 1. The van der Waals surface area contributed by atoms with Gasteiger partial charge in [-0.25, -0.2) is 4.68 Å². The summed E-state index contributed by atoms with van der Waals surface area (Å²) in [5.41, 5.74) is 2.70. The molecule has 146 valence electrons. The molecule has 3 rings (SSSR count). The quantitative estimate of drug-likeness (QED) is 0.582. The molecule has 0 aliphatic heterocycles. The Hall–Kier alpha value is -2.44. The number of carbonyl (C=O) groups is 1. The summed E-state index contributed by atoms with van der Waals surface area (Å²) in [4.78, 5) is 25.1. The van der Waals surface area contributed by atoms with Crippen LogP contribution in [0.5, 0.6) is 0 Å². The van der Waals surface area contributed by atoms with Crippen LogP contribution in [-0.2, 0) is 17.6 Å². The van der Waals surface area contributed by atoms with Gasteiger partial charge in [-0.3, -0.25) is 14.3 Å². The molecule has 1 aromatic heterocycles. The molecule has 2 aromatic carbocycles. The third kappa shape index (κ3) is 4.69. The fraction of sp³-hybridized carbons (Fsp3) is 0.238. The van der Waals surface area contributed by atoms with Gasteiger partial charge in [0.25, 0.3) is 5.56 Å². The summed E-state index contributed by atoms with van der Waals surface area (Å²) >= 11 is 7.64. The van der Waals surface area contributed by atoms with Crippen molar-refractivity contribution in [2.45, 2.75) is 19.1 Å². The molecule has 1 N–H and O–H groups in total. The van der Waals surface area contributed by atoms with Crippen molar-refractivity contribution >= 4 is 35.0 Å². The van der Waals surface area contributed by atoms with Crippen molar-refractivity contribution in [3.8, 4) is 5.69 Å². The standard InChI is InChI=1S/C21H22ClN3O2S/c1-15-20(21(27)25(24(15)2)18-9-4-3-5-10-18)23-19(26)11-12-28-14-16-7-6-8-17(22)13-16/h3-10,13H,11-12,14H2,1-2H3,(H,23,26). The Morgan fingerprint density at radius 3 is 2.61 bits per heavy atom. The van der Waals surface area contributed by atoms with Crippen LogP contribution < -0.4 is 10.9 Å². The Morgan fingerprint density at radius 2 is 1.89 bits per heavy atom. The number of anilines is 1. The first kappa shape index (κ1) is 20.3. The van der Waals surface area contributed by atoms with Crippen LogP contribution in [0.1, 0.15) is 17.7 Å².